The normalized spacial score (nSPS) is 13.8. The van der Waals surface area contributed by atoms with Crippen molar-refractivity contribution in [3.05, 3.63) is 93.7 Å². The lowest BCUT2D eigenvalue weighted by atomic mass is 10.0. The smallest absolute Gasteiger partial charge is 0.254 e. The molecule has 6 nitrogen and oxygen atoms in total. The first-order valence-electron chi connectivity index (χ1n) is 14.1. The minimum absolute atomic E-state index is 0.0428. The molecule has 1 fully saturated rings. The second-order valence-electron chi connectivity index (χ2n) is 10.1. The SMILES string of the molecule is CCCCCc1ccc(C(=O)N(CCN2CCOCC2)CC(=O)N(Cc2ccccc2)Cc2cccs2)cc1. The van der Waals surface area contributed by atoms with Crippen LogP contribution in [0.3, 0.4) is 0 Å². The molecule has 1 saturated heterocycles. The zero-order chi connectivity index (χ0) is 27.3. The van der Waals surface area contributed by atoms with Crippen molar-refractivity contribution >= 4 is 23.2 Å². The van der Waals surface area contributed by atoms with Gasteiger partial charge in [0.15, 0.2) is 0 Å². The minimum atomic E-state index is -0.0903. The van der Waals surface area contributed by atoms with E-state index in [0.717, 1.165) is 42.9 Å². The Kier molecular flexibility index (Phi) is 11.6. The van der Waals surface area contributed by atoms with Gasteiger partial charge in [0.25, 0.3) is 5.91 Å². The van der Waals surface area contributed by atoms with Gasteiger partial charge in [-0.2, -0.15) is 0 Å². The number of ether oxygens (including phenoxy) is 1. The number of carbonyl (C=O) groups excluding carboxylic acids is 2. The van der Waals surface area contributed by atoms with Crippen LogP contribution in [0, 0.1) is 0 Å². The van der Waals surface area contributed by atoms with Gasteiger partial charge >= 0.3 is 0 Å². The molecule has 39 heavy (non-hydrogen) atoms. The zero-order valence-electron chi connectivity index (χ0n) is 23.1. The topological polar surface area (TPSA) is 53.1 Å². The molecule has 0 N–H and O–H groups in total. The number of morpholine rings is 1. The molecule has 3 aromatic rings. The average molecular weight is 548 g/mol. The summed E-state index contributed by atoms with van der Waals surface area (Å²) in [7, 11) is 0. The van der Waals surface area contributed by atoms with Gasteiger partial charge in [0, 0.05) is 43.2 Å². The Morgan fingerprint density at radius 2 is 1.64 bits per heavy atom. The van der Waals surface area contributed by atoms with Crippen molar-refractivity contribution in [2.24, 2.45) is 0 Å². The molecule has 2 amide bonds. The van der Waals surface area contributed by atoms with E-state index < -0.39 is 0 Å². The Labute approximate surface area is 237 Å². The number of benzene rings is 2. The summed E-state index contributed by atoms with van der Waals surface area (Å²) in [6.45, 7) is 7.63. The highest BCUT2D eigenvalue weighted by atomic mass is 32.1. The molecule has 2 heterocycles. The van der Waals surface area contributed by atoms with E-state index in [4.69, 9.17) is 4.74 Å². The van der Waals surface area contributed by atoms with E-state index in [1.807, 2.05) is 58.8 Å². The van der Waals surface area contributed by atoms with Crippen molar-refractivity contribution in [1.82, 2.24) is 14.7 Å². The van der Waals surface area contributed by atoms with Crippen LogP contribution >= 0.6 is 11.3 Å². The summed E-state index contributed by atoms with van der Waals surface area (Å²) in [6.07, 6.45) is 4.59. The Balaban J connectivity index is 1.48. The summed E-state index contributed by atoms with van der Waals surface area (Å²) in [5.74, 6) is -0.133. The summed E-state index contributed by atoms with van der Waals surface area (Å²) >= 11 is 1.65. The fourth-order valence-electron chi connectivity index (χ4n) is 4.80. The molecule has 1 aromatic heterocycles. The van der Waals surface area contributed by atoms with Gasteiger partial charge in [-0.25, -0.2) is 0 Å². The second-order valence-corrected chi connectivity index (χ2v) is 11.2. The number of rotatable bonds is 14. The van der Waals surface area contributed by atoms with E-state index in [-0.39, 0.29) is 18.4 Å². The zero-order valence-corrected chi connectivity index (χ0v) is 23.9. The van der Waals surface area contributed by atoms with Crippen LogP contribution in [0.2, 0.25) is 0 Å². The first kappa shape index (κ1) is 29.0. The monoisotopic (exact) mass is 547 g/mol. The molecule has 4 rings (SSSR count). The van der Waals surface area contributed by atoms with Crippen molar-refractivity contribution < 1.29 is 14.3 Å². The molecule has 0 aliphatic carbocycles. The van der Waals surface area contributed by atoms with Crippen LogP contribution in [-0.2, 0) is 29.0 Å². The first-order valence-corrected chi connectivity index (χ1v) is 15.0. The van der Waals surface area contributed by atoms with E-state index >= 15 is 0 Å². The highest BCUT2D eigenvalue weighted by molar-refractivity contribution is 7.09. The summed E-state index contributed by atoms with van der Waals surface area (Å²) in [6, 6.07) is 22.1. The second kappa shape index (κ2) is 15.6. The quantitative estimate of drug-likeness (QED) is 0.251. The molecule has 2 aromatic carbocycles. The van der Waals surface area contributed by atoms with Gasteiger partial charge < -0.3 is 14.5 Å². The maximum Gasteiger partial charge on any atom is 0.254 e. The predicted molar refractivity (Wildman–Crippen MR) is 158 cm³/mol. The third-order valence-electron chi connectivity index (χ3n) is 7.17. The van der Waals surface area contributed by atoms with E-state index in [2.05, 4.69) is 30.0 Å². The number of thiophene rings is 1. The first-order chi connectivity index (χ1) is 19.1. The van der Waals surface area contributed by atoms with Gasteiger partial charge in [-0.1, -0.05) is 68.3 Å². The predicted octanol–water partition coefficient (Wildman–Crippen LogP) is 5.48. The van der Waals surface area contributed by atoms with Gasteiger partial charge in [0.1, 0.15) is 6.54 Å². The van der Waals surface area contributed by atoms with Gasteiger partial charge in [-0.05, 0) is 47.5 Å². The maximum absolute atomic E-state index is 13.8. The van der Waals surface area contributed by atoms with Crippen LogP contribution in [0.5, 0.6) is 0 Å². The third kappa shape index (κ3) is 9.31. The number of aryl methyl sites for hydroxylation is 1. The largest absolute Gasteiger partial charge is 0.379 e. The highest BCUT2D eigenvalue weighted by Gasteiger charge is 2.24. The standard InChI is InChI=1S/C32H41N3O3S/c1-2-3-5-9-27-13-15-29(16-14-27)32(37)34(18-17-33-19-21-38-22-20-33)26-31(36)35(25-30-12-8-23-39-30)24-28-10-6-4-7-11-28/h4,6-8,10-16,23H,2-3,5,9,17-22,24-26H2,1H3. The molecule has 0 spiro atoms. The molecule has 0 unspecified atom stereocenters. The van der Waals surface area contributed by atoms with E-state index in [1.165, 1.54) is 18.4 Å². The third-order valence-corrected chi connectivity index (χ3v) is 8.03. The van der Waals surface area contributed by atoms with Gasteiger partial charge in [-0.3, -0.25) is 14.5 Å². The van der Waals surface area contributed by atoms with E-state index in [9.17, 15) is 9.59 Å². The Morgan fingerprint density at radius 3 is 2.33 bits per heavy atom. The highest BCUT2D eigenvalue weighted by Crippen LogP contribution is 2.17. The van der Waals surface area contributed by atoms with Gasteiger partial charge in [0.2, 0.25) is 5.91 Å². The molecule has 1 aliphatic heterocycles. The molecular weight excluding hydrogens is 506 g/mol. The van der Waals surface area contributed by atoms with Crippen LogP contribution in [0.4, 0.5) is 0 Å². The molecule has 0 radical (unpaired) electrons. The minimum Gasteiger partial charge on any atom is -0.379 e. The lowest BCUT2D eigenvalue weighted by molar-refractivity contribution is -0.133. The molecule has 0 bridgehead atoms. The van der Waals surface area contributed by atoms with Crippen molar-refractivity contribution in [3.8, 4) is 0 Å². The summed E-state index contributed by atoms with van der Waals surface area (Å²) < 4.78 is 5.49. The fraction of sp³-hybridized carbons (Fsp3) is 0.438. The van der Waals surface area contributed by atoms with Crippen LogP contribution < -0.4 is 0 Å². The van der Waals surface area contributed by atoms with Crippen molar-refractivity contribution in [2.75, 3.05) is 45.9 Å². The van der Waals surface area contributed by atoms with Crippen molar-refractivity contribution in [3.63, 3.8) is 0 Å². The fourth-order valence-corrected chi connectivity index (χ4v) is 5.52. The molecule has 0 saturated carbocycles. The van der Waals surface area contributed by atoms with Crippen LogP contribution in [0.1, 0.15) is 52.5 Å². The Morgan fingerprint density at radius 1 is 0.872 bits per heavy atom. The summed E-state index contributed by atoms with van der Waals surface area (Å²) in [5.41, 5.74) is 2.96. The summed E-state index contributed by atoms with van der Waals surface area (Å²) in [4.78, 5) is 34.5. The number of carbonyl (C=O) groups is 2. The lowest BCUT2D eigenvalue weighted by Crippen LogP contribution is -2.47. The molecule has 7 heteroatoms. The number of amides is 2. The van der Waals surface area contributed by atoms with Gasteiger partial charge in [-0.15, -0.1) is 11.3 Å². The molecular formula is C32H41N3O3S. The number of nitrogens with zero attached hydrogens (tertiary/aromatic N) is 3. The molecule has 1 aliphatic rings. The van der Waals surface area contributed by atoms with Crippen molar-refractivity contribution in [2.45, 2.75) is 45.7 Å². The number of unbranched alkanes of at least 4 members (excludes halogenated alkanes) is 2. The number of hydrogen-bond acceptors (Lipinski definition) is 5. The Bertz CT molecular complexity index is 1130. The number of hydrogen-bond donors (Lipinski definition) is 0. The van der Waals surface area contributed by atoms with Gasteiger partial charge in [0.05, 0.1) is 19.8 Å². The maximum atomic E-state index is 13.8. The molecule has 0 atom stereocenters. The van der Waals surface area contributed by atoms with Crippen LogP contribution in [0.25, 0.3) is 0 Å². The van der Waals surface area contributed by atoms with E-state index in [1.54, 1.807) is 16.2 Å². The van der Waals surface area contributed by atoms with Crippen molar-refractivity contribution in [1.29, 1.82) is 0 Å². The van der Waals surface area contributed by atoms with Crippen LogP contribution in [0.15, 0.2) is 72.1 Å². The van der Waals surface area contributed by atoms with E-state index in [0.29, 0.717) is 38.4 Å². The lowest BCUT2D eigenvalue weighted by Gasteiger charge is -2.31. The molecule has 208 valence electrons. The summed E-state index contributed by atoms with van der Waals surface area (Å²) in [5, 5.41) is 2.03. The van der Waals surface area contributed by atoms with Crippen LogP contribution in [-0.4, -0.2) is 72.5 Å². The Hall–Kier alpha value is -3.00. The average Bonchev–Trinajstić information content (AvgIpc) is 3.49.